The number of anilines is 2. The van der Waals surface area contributed by atoms with E-state index in [0.29, 0.717) is 12.5 Å². The molecule has 4 aromatic heterocycles. The number of aryl methyl sites for hydroxylation is 1. The molecule has 4 aromatic rings. The summed E-state index contributed by atoms with van der Waals surface area (Å²) in [4.78, 5) is 20.7. The van der Waals surface area contributed by atoms with Crippen molar-refractivity contribution in [3.63, 3.8) is 0 Å². The summed E-state index contributed by atoms with van der Waals surface area (Å²) in [6, 6.07) is 8.20. The van der Waals surface area contributed by atoms with E-state index in [-0.39, 0.29) is 0 Å². The zero-order valence-electron chi connectivity index (χ0n) is 18.5. The third-order valence-electron chi connectivity index (χ3n) is 6.07. The molecule has 1 fully saturated rings. The number of allylic oxidation sites excluding steroid dienone is 1. The van der Waals surface area contributed by atoms with Crippen LogP contribution in [-0.2, 0) is 13.0 Å². The molecule has 0 aromatic carbocycles. The van der Waals surface area contributed by atoms with Crippen molar-refractivity contribution >= 4 is 23.0 Å². The first-order valence-corrected chi connectivity index (χ1v) is 11.3. The molecule has 0 amide bonds. The molecule has 9 heteroatoms. The van der Waals surface area contributed by atoms with Crippen LogP contribution in [0, 0.1) is 6.92 Å². The van der Waals surface area contributed by atoms with Gasteiger partial charge in [0.15, 0.2) is 5.65 Å². The minimum atomic E-state index is 0.628. The van der Waals surface area contributed by atoms with Gasteiger partial charge in [-0.25, -0.2) is 24.5 Å². The SMILES string of the molecule is Cc1cn2nc(C3=CCc4nc(NCc5ccc(N6CCNCC6)nc5)ncc43)ccc2n1. The summed E-state index contributed by atoms with van der Waals surface area (Å²) < 4.78 is 1.82. The Morgan fingerprint density at radius 1 is 1.03 bits per heavy atom. The number of piperazine rings is 1. The first-order chi connectivity index (χ1) is 16.2. The van der Waals surface area contributed by atoms with Gasteiger partial charge in [-0.2, -0.15) is 5.10 Å². The highest BCUT2D eigenvalue weighted by Crippen LogP contribution is 2.30. The van der Waals surface area contributed by atoms with E-state index in [4.69, 9.17) is 10.1 Å². The quantitative estimate of drug-likeness (QED) is 0.489. The predicted molar refractivity (Wildman–Crippen MR) is 127 cm³/mol. The molecule has 33 heavy (non-hydrogen) atoms. The van der Waals surface area contributed by atoms with Crippen molar-refractivity contribution in [3.05, 3.63) is 77.1 Å². The van der Waals surface area contributed by atoms with Gasteiger partial charge in [0, 0.05) is 62.7 Å². The summed E-state index contributed by atoms with van der Waals surface area (Å²) in [5.74, 6) is 1.66. The van der Waals surface area contributed by atoms with Crippen LogP contribution in [0.4, 0.5) is 11.8 Å². The van der Waals surface area contributed by atoms with E-state index in [9.17, 15) is 0 Å². The molecular formula is C24H25N9. The predicted octanol–water partition coefficient (Wildman–Crippen LogP) is 2.23. The Labute approximate surface area is 191 Å². The highest BCUT2D eigenvalue weighted by atomic mass is 15.3. The Balaban J connectivity index is 1.14. The fourth-order valence-electron chi connectivity index (χ4n) is 4.36. The van der Waals surface area contributed by atoms with Crippen molar-refractivity contribution in [2.45, 2.75) is 19.9 Å². The van der Waals surface area contributed by atoms with Gasteiger partial charge in [0.25, 0.3) is 0 Å². The average Bonchev–Trinajstić information content (AvgIpc) is 3.45. The molecular weight excluding hydrogens is 414 g/mol. The summed E-state index contributed by atoms with van der Waals surface area (Å²) in [6.07, 6.45) is 8.69. The molecule has 9 nitrogen and oxygen atoms in total. The van der Waals surface area contributed by atoms with Crippen LogP contribution in [0.5, 0.6) is 0 Å². The lowest BCUT2D eigenvalue weighted by Crippen LogP contribution is -2.43. The molecule has 2 N–H and O–H groups in total. The van der Waals surface area contributed by atoms with Crippen molar-refractivity contribution in [3.8, 4) is 0 Å². The maximum atomic E-state index is 4.74. The summed E-state index contributed by atoms with van der Waals surface area (Å²) in [7, 11) is 0. The van der Waals surface area contributed by atoms with Gasteiger partial charge < -0.3 is 15.5 Å². The van der Waals surface area contributed by atoms with Crippen LogP contribution < -0.4 is 15.5 Å². The minimum Gasteiger partial charge on any atom is -0.354 e. The summed E-state index contributed by atoms with van der Waals surface area (Å²) in [5, 5.41) is 11.4. The molecule has 0 spiro atoms. The molecule has 0 radical (unpaired) electrons. The second-order valence-electron chi connectivity index (χ2n) is 8.39. The lowest BCUT2D eigenvalue weighted by Gasteiger charge is -2.28. The van der Waals surface area contributed by atoms with E-state index >= 15 is 0 Å². The largest absolute Gasteiger partial charge is 0.354 e. The number of rotatable bonds is 5. The number of nitrogens with zero attached hydrogens (tertiary/aromatic N) is 7. The lowest BCUT2D eigenvalue weighted by atomic mass is 10.1. The molecule has 1 aliphatic carbocycles. The van der Waals surface area contributed by atoms with Crippen molar-refractivity contribution in [2.75, 3.05) is 36.4 Å². The van der Waals surface area contributed by atoms with E-state index in [0.717, 1.165) is 77.8 Å². The molecule has 1 saturated heterocycles. The van der Waals surface area contributed by atoms with Crippen molar-refractivity contribution in [1.29, 1.82) is 0 Å². The van der Waals surface area contributed by atoms with E-state index in [1.807, 2.05) is 42.2 Å². The number of imidazole rings is 1. The Morgan fingerprint density at radius 2 is 1.94 bits per heavy atom. The molecule has 6 rings (SSSR count). The number of nitrogens with one attached hydrogen (secondary N) is 2. The zero-order chi connectivity index (χ0) is 22.2. The number of hydrogen-bond donors (Lipinski definition) is 2. The maximum absolute atomic E-state index is 4.74. The lowest BCUT2D eigenvalue weighted by molar-refractivity contribution is 0.585. The molecule has 1 aliphatic heterocycles. The normalized spacial score (nSPS) is 15.5. The standard InChI is InChI=1S/C24H25N9/c1-16-15-33-23(29-16)7-5-21(31-33)18-3-4-20-19(18)14-28-24(30-20)27-13-17-2-6-22(26-12-17)32-10-8-25-9-11-32/h2-3,5-7,12,14-15,25H,4,8-11,13H2,1H3,(H,27,28,30). The molecule has 166 valence electrons. The third kappa shape index (κ3) is 3.91. The first-order valence-electron chi connectivity index (χ1n) is 11.3. The highest BCUT2D eigenvalue weighted by Gasteiger charge is 2.20. The first kappa shape index (κ1) is 19.8. The van der Waals surface area contributed by atoms with Gasteiger partial charge in [0.2, 0.25) is 5.95 Å². The van der Waals surface area contributed by atoms with Crippen LogP contribution in [0.2, 0.25) is 0 Å². The minimum absolute atomic E-state index is 0.628. The highest BCUT2D eigenvalue weighted by molar-refractivity contribution is 5.82. The van der Waals surface area contributed by atoms with Gasteiger partial charge in [0.05, 0.1) is 23.3 Å². The van der Waals surface area contributed by atoms with Crippen LogP contribution in [0.1, 0.15) is 28.2 Å². The third-order valence-corrected chi connectivity index (χ3v) is 6.07. The van der Waals surface area contributed by atoms with E-state index < -0.39 is 0 Å². The van der Waals surface area contributed by atoms with Crippen molar-refractivity contribution in [2.24, 2.45) is 0 Å². The number of hydrogen-bond acceptors (Lipinski definition) is 8. The van der Waals surface area contributed by atoms with Crippen LogP contribution in [-0.4, -0.2) is 55.7 Å². The topological polar surface area (TPSA) is 96.2 Å². The molecule has 2 aliphatic rings. The van der Waals surface area contributed by atoms with E-state index in [1.54, 1.807) is 0 Å². The maximum Gasteiger partial charge on any atom is 0.223 e. The summed E-state index contributed by atoms with van der Waals surface area (Å²) >= 11 is 0. The second-order valence-corrected chi connectivity index (χ2v) is 8.39. The van der Waals surface area contributed by atoms with Crippen LogP contribution >= 0.6 is 0 Å². The van der Waals surface area contributed by atoms with Crippen LogP contribution in [0.25, 0.3) is 11.2 Å². The Bertz CT molecular complexity index is 1330. The summed E-state index contributed by atoms with van der Waals surface area (Å²) in [6.45, 7) is 6.60. The van der Waals surface area contributed by atoms with Gasteiger partial charge in [-0.1, -0.05) is 12.1 Å². The van der Waals surface area contributed by atoms with Gasteiger partial charge in [-0.05, 0) is 30.7 Å². The van der Waals surface area contributed by atoms with E-state index in [2.05, 4.69) is 48.7 Å². The van der Waals surface area contributed by atoms with E-state index in [1.165, 1.54) is 0 Å². The number of pyridine rings is 1. The van der Waals surface area contributed by atoms with Crippen LogP contribution in [0.15, 0.2) is 48.9 Å². The van der Waals surface area contributed by atoms with Gasteiger partial charge in [-0.3, -0.25) is 0 Å². The van der Waals surface area contributed by atoms with Gasteiger partial charge >= 0.3 is 0 Å². The average molecular weight is 440 g/mol. The Hall–Kier alpha value is -3.85. The monoisotopic (exact) mass is 439 g/mol. The molecule has 0 unspecified atom stereocenters. The second kappa shape index (κ2) is 8.25. The fraction of sp³-hybridized carbons (Fsp3) is 0.292. The van der Waals surface area contributed by atoms with Crippen LogP contribution in [0.3, 0.4) is 0 Å². The van der Waals surface area contributed by atoms with Gasteiger partial charge in [0.1, 0.15) is 5.82 Å². The van der Waals surface area contributed by atoms with Crippen molar-refractivity contribution < 1.29 is 0 Å². The number of aromatic nitrogens is 6. The number of fused-ring (bicyclic) bond motifs is 2. The van der Waals surface area contributed by atoms with Crippen molar-refractivity contribution in [1.82, 2.24) is 34.9 Å². The molecule has 0 atom stereocenters. The smallest absolute Gasteiger partial charge is 0.223 e. The van der Waals surface area contributed by atoms with Gasteiger partial charge in [-0.15, -0.1) is 0 Å². The molecule has 0 bridgehead atoms. The fourth-order valence-corrected chi connectivity index (χ4v) is 4.36. The zero-order valence-corrected chi connectivity index (χ0v) is 18.5. The summed E-state index contributed by atoms with van der Waals surface area (Å²) in [5.41, 5.74) is 6.92. The Morgan fingerprint density at radius 3 is 2.79 bits per heavy atom. The Kier molecular flexibility index (Phi) is 4.95. The molecule has 5 heterocycles. The molecule has 0 saturated carbocycles.